The number of hydrogen-bond acceptors (Lipinski definition) is 3. The Morgan fingerprint density at radius 1 is 0.603 bits per heavy atom. The maximum Gasteiger partial charge on any atom is 0.0721 e. The Hall–Kier alpha value is -7.36. The van der Waals surface area contributed by atoms with Crippen molar-refractivity contribution in [2.75, 3.05) is 16.8 Å². The van der Waals surface area contributed by atoms with E-state index >= 15 is 0 Å². The van der Waals surface area contributed by atoms with Crippen LogP contribution in [0, 0.1) is 6.92 Å². The van der Waals surface area contributed by atoms with Gasteiger partial charge in [0.05, 0.1) is 11.1 Å². The highest BCUT2D eigenvalue weighted by Crippen LogP contribution is 2.65. The number of nitrogens with one attached hydrogen (secondary N) is 2. The van der Waals surface area contributed by atoms with Gasteiger partial charge in [-0.15, -0.1) is 0 Å². The molecule has 12 rings (SSSR count). The monoisotopic (exact) mass is 811 g/mol. The van der Waals surface area contributed by atoms with E-state index in [-0.39, 0.29) is 5.41 Å². The molecule has 3 aliphatic carbocycles. The summed E-state index contributed by atoms with van der Waals surface area (Å²) >= 11 is 0. The molecule has 1 heterocycles. The fraction of sp³-hybridized carbons (Fsp3) is 0.133. The second-order valence-corrected chi connectivity index (χ2v) is 18.2. The van der Waals surface area contributed by atoms with Crippen molar-refractivity contribution in [2.45, 2.75) is 44.4 Å². The van der Waals surface area contributed by atoms with Gasteiger partial charge in [-0.2, -0.15) is 0 Å². The van der Waals surface area contributed by atoms with E-state index in [0.29, 0.717) is 0 Å². The molecule has 0 spiro atoms. The molecule has 63 heavy (non-hydrogen) atoms. The second-order valence-electron chi connectivity index (χ2n) is 18.2. The molecule has 0 aromatic heterocycles. The van der Waals surface area contributed by atoms with E-state index in [4.69, 9.17) is 0 Å². The molecule has 304 valence electrons. The normalized spacial score (nSPS) is 17.4. The molecule has 2 N–H and O–H groups in total. The number of para-hydroxylation sites is 1. The average molecular weight is 812 g/mol. The number of anilines is 5. The molecule has 0 saturated heterocycles. The van der Waals surface area contributed by atoms with E-state index in [1.807, 2.05) is 0 Å². The molecule has 3 nitrogen and oxygen atoms in total. The zero-order valence-electron chi connectivity index (χ0n) is 36.0. The van der Waals surface area contributed by atoms with Gasteiger partial charge in [0.1, 0.15) is 0 Å². The molecule has 0 radical (unpaired) electrons. The van der Waals surface area contributed by atoms with Gasteiger partial charge in [0.2, 0.25) is 0 Å². The first-order valence-electron chi connectivity index (χ1n) is 22.4. The minimum atomic E-state index is -0.663. The molecule has 8 aromatic rings. The van der Waals surface area contributed by atoms with Crippen LogP contribution in [0.4, 0.5) is 28.4 Å². The Labute approximate surface area is 370 Å². The highest BCUT2D eigenvalue weighted by Gasteiger charge is 2.53. The van der Waals surface area contributed by atoms with Crippen molar-refractivity contribution in [3.05, 3.63) is 244 Å². The third-order valence-corrected chi connectivity index (χ3v) is 14.2. The van der Waals surface area contributed by atoms with Crippen LogP contribution < -0.4 is 15.5 Å². The van der Waals surface area contributed by atoms with Gasteiger partial charge in [0.15, 0.2) is 0 Å². The molecule has 0 saturated carbocycles. The zero-order chi connectivity index (χ0) is 42.3. The lowest BCUT2D eigenvalue weighted by molar-refractivity contribution is 0.648. The van der Waals surface area contributed by atoms with E-state index in [9.17, 15) is 0 Å². The van der Waals surface area contributed by atoms with Gasteiger partial charge >= 0.3 is 0 Å². The number of dihydropyridines is 1. The molecule has 1 unspecified atom stereocenters. The molecular formula is C60H49N3. The predicted molar refractivity (Wildman–Crippen MR) is 265 cm³/mol. The summed E-state index contributed by atoms with van der Waals surface area (Å²) in [4.78, 5) is 2.56. The van der Waals surface area contributed by atoms with Gasteiger partial charge in [0.25, 0.3) is 0 Å². The van der Waals surface area contributed by atoms with Crippen LogP contribution in [0.25, 0.3) is 33.5 Å². The Morgan fingerprint density at radius 3 is 2.16 bits per heavy atom. The van der Waals surface area contributed by atoms with E-state index in [0.717, 1.165) is 36.4 Å². The van der Waals surface area contributed by atoms with Crippen LogP contribution in [0.3, 0.4) is 0 Å². The van der Waals surface area contributed by atoms with Crippen molar-refractivity contribution in [3.63, 3.8) is 0 Å². The number of aryl methyl sites for hydroxylation is 2. The third-order valence-electron chi connectivity index (χ3n) is 14.2. The SMILES string of the molecule is Cc1ccc(C2(c3ccccc3)c3cc(Nc4ccc5ccccc5c4)ccc3-c3c(N(c4ccccc4)c4ccc5c(c4)CCC=C5)cc4c(c32)C2=C(C=CNC2)C4(C)C)cc1. The fourth-order valence-electron chi connectivity index (χ4n) is 11.3. The second kappa shape index (κ2) is 14.4. The van der Waals surface area contributed by atoms with E-state index in [2.05, 4.69) is 231 Å². The molecular weight excluding hydrogens is 763 g/mol. The number of allylic oxidation sites excluding steroid dienone is 3. The minimum Gasteiger partial charge on any atom is -0.387 e. The summed E-state index contributed by atoms with van der Waals surface area (Å²) in [5.41, 5.74) is 21.9. The number of fused-ring (bicyclic) bond motifs is 8. The summed E-state index contributed by atoms with van der Waals surface area (Å²) in [5.74, 6) is 0. The van der Waals surface area contributed by atoms with Crippen molar-refractivity contribution < 1.29 is 0 Å². The summed E-state index contributed by atoms with van der Waals surface area (Å²) < 4.78 is 0. The van der Waals surface area contributed by atoms with Crippen molar-refractivity contribution in [1.29, 1.82) is 0 Å². The summed E-state index contributed by atoms with van der Waals surface area (Å²) in [7, 11) is 0. The van der Waals surface area contributed by atoms with Gasteiger partial charge in [-0.25, -0.2) is 0 Å². The van der Waals surface area contributed by atoms with Crippen molar-refractivity contribution >= 4 is 50.9 Å². The maximum atomic E-state index is 3.89. The first-order valence-corrected chi connectivity index (χ1v) is 22.4. The lowest BCUT2D eigenvalue weighted by atomic mass is 9.65. The van der Waals surface area contributed by atoms with Gasteiger partial charge in [-0.1, -0.05) is 147 Å². The molecule has 0 amide bonds. The molecule has 0 fully saturated rings. The van der Waals surface area contributed by atoms with Crippen LogP contribution in [0.15, 0.2) is 194 Å². The van der Waals surface area contributed by atoms with Crippen LogP contribution in [0.1, 0.15) is 70.3 Å². The molecule has 3 heteroatoms. The number of benzene rings is 8. The van der Waals surface area contributed by atoms with Gasteiger partial charge in [-0.05, 0) is 159 Å². The molecule has 0 bridgehead atoms. The van der Waals surface area contributed by atoms with Crippen molar-refractivity contribution in [2.24, 2.45) is 0 Å². The zero-order valence-corrected chi connectivity index (χ0v) is 36.0. The summed E-state index contributed by atoms with van der Waals surface area (Å²) in [6, 6.07) is 63.8. The lowest BCUT2D eigenvalue weighted by Gasteiger charge is -2.37. The largest absolute Gasteiger partial charge is 0.387 e. The standard InChI is InChI=1S/C60H49N3/c1-39-22-26-45(27-23-39)60(44-18-6-4-7-19-44)53-36-47(62-46-28-24-40-14-10-12-16-42(40)34-46)29-31-50(53)57-55(37-54-56(58(57)60)51-38-61-33-32-52(51)59(54,2)3)63(48-20-8-5-9-21-48)49-30-25-41-15-11-13-17-43(41)35-49/h4-12,14-16,18-37,61-62H,13,17,38H2,1-3H3. The first kappa shape index (κ1) is 37.4. The van der Waals surface area contributed by atoms with Crippen LogP contribution in [0.2, 0.25) is 0 Å². The maximum absolute atomic E-state index is 3.89. The first-order chi connectivity index (χ1) is 30.9. The summed E-state index contributed by atoms with van der Waals surface area (Å²) in [5, 5.41) is 10.0. The van der Waals surface area contributed by atoms with E-state index < -0.39 is 5.41 Å². The number of nitrogens with zero attached hydrogens (tertiary/aromatic N) is 1. The van der Waals surface area contributed by atoms with Crippen molar-refractivity contribution in [1.82, 2.24) is 5.32 Å². The van der Waals surface area contributed by atoms with Crippen LogP contribution in [0.5, 0.6) is 0 Å². The minimum absolute atomic E-state index is 0.247. The third kappa shape index (κ3) is 5.72. The van der Waals surface area contributed by atoms with Crippen molar-refractivity contribution in [3.8, 4) is 11.1 Å². The smallest absolute Gasteiger partial charge is 0.0721 e. The predicted octanol–water partition coefficient (Wildman–Crippen LogP) is 14.8. The Kier molecular flexibility index (Phi) is 8.52. The lowest BCUT2D eigenvalue weighted by Crippen LogP contribution is -2.31. The van der Waals surface area contributed by atoms with Crippen LogP contribution in [-0.2, 0) is 17.3 Å². The Balaban J connectivity index is 1.22. The Morgan fingerprint density at radius 2 is 1.33 bits per heavy atom. The highest BCUT2D eigenvalue weighted by atomic mass is 15.1. The van der Waals surface area contributed by atoms with Gasteiger partial charge < -0.3 is 15.5 Å². The molecule has 4 aliphatic rings. The van der Waals surface area contributed by atoms with Gasteiger partial charge in [0, 0.05) is 40.3 Å². The van der Waals surface area contributed by atoms with E-state index in [1.165, 1.54) is 94.5 Å². The number of hydrogen-bond donors (Lipinski definition) is 2. The van der Waals surface area contributed by atoms with Gasteiger partial charge in [-0.3, -0.25) is 0 Å². The quantitative estimate of drug-likeness (QED) is 0.168. The average Bonchev–Trinajstić information content (AvgIpc) is 3.75. The highest BCUT2D eigenvalue weighted by molar-refractivity contribution is 6.04. The summed E-state index contributed by atoms with van der Waals surface area (Å²) in [6.07, 6.45) is 11.2. The summed E-state index contributed by atoms with van der Waals surface area (Å²) in [6.45, 7) is 7.84. The topological polar surface area (TPSA) is 27.3 Å². The molecule has 8 aromatic carbocycles. The van der Waals surface area contributed by atoms with Crippen LogP contribution >= 0.6 is 0 Å². The fourth-order valence-corrected chi connectivity index (χ4v) is 11.3. The van der Waals surface area contributed by atoms with Crippen LogP contribution in [-0.4, -0.2) is 6.54 Å². The molecule has 1 aliphatic heterocycles. The Bertz CT molecular complexity index is 3220. The molecule has 1 atom stereocenters. The van der Waals surface area contributed by atoms with E-state index in [1.54, 1.807) is 0 Å². The number of rotatable bonds is 7.